The quantitative estimate of drug-likeness (QED) is 0.839. The van der Waals surface area contributed by atoms with Crippen LogP contribution in [0, 0.1) is 0 Å². The van der Waals surface area contributed by atoms with Crippen molar-refractivity contribution in [2.24, 2.45) is 12.8 Å². The molecule has 0 spiro atoms. The molecule has 114 valence electrons. The summed E-state index contributed by atoms with van der Waals surface area (Å²) >= 11 is 0. The Labute approximate surface area is 126 Å². The standard InChI is InChI=1S/C16H25N5/c1-4-15-14(12-21(3)19-15)16(11-17)20(2)10-7-13-5-8-18-9-6-13/h5-6,8-9,12,16H,4,7,10-11,17H2,1-3H3. The first-order valence-electron chi connectivity index (χ1n) is 7.47. The first-order chi connectivity index (χ1) is 10.2. The van der Waals surface area contributed by atoms with E-state index in [1.165, 1.54) is 11.1 Å². The van der Waals surface area contributed by atoms with Crippen molar-refractivity contribution in [1.29, 1.82) is 0 Å². The first-order valence-corrected chi connectivity index (χ1v) is 7.47. The lowest BCUT2D eigenvalue weighted by atomic mass is 10.0. The smallest absolute Gasteiger partial charge is 0.0670 e. The van der Waals surface area contributed by atoms with Gasteiger partial charge in [0.1, 0.15) is 0 Å². The van der Waals surface area contributed by atoms with Gasteiger partial charge in [-0.05, 0) is 37.6 Å². The van der Waals surface area contributed by atoms with Gasteiger partial charge < -0.3 is 5.73 Å². The van der Waals surface area contributed by atoms with Crippen molar-refractivity contribution in [2.45, 2.75) is 25.8 Å². The molecule has 0 aliphatic carbocycles. The lowest BCUT2D eigenvalue weighted by Crippen LogP contribution is -2.32. The molecule has 2 N–H and O–H groups in total. The number of rotatable bonds is 7. The van der Waals surface area contributed by atoms with E-state index in [2.05, 4.69) is 47.3 Å². The molecule has 1 atom stereocenters. The van der Waals surface area contributed by atoms with E-state index in [-0.39, 0.29) is 6.04 Å². The van der Waals surface area contributed by atoms with Crippen LogP contribution < -0.4 is 5.73 Å². The molecule has 2 aromatic rings. The van der Waals surface area contributed by atoms with Crippen molar-refractivity contribution in [2.75, 3.05) is 20.1 Å². The van der Waals surface area contributed by atoms with Crippen LogP contribution in [0.4, 0.5) is 0 Å². The summed E-state index contributed by atoms with van der Waals surface area (Å²) in [5, 5.41) is 4.52. The SMILES string of the molecule is CCc1nn(C)cc1C(CN)N(C)CCc1ccncc1. The van der Waals surface area contributed by atoms with Crippen LogP contribution >= 0.6 is 0 Å². The van der Waals surface area contributed by atoms with Gasteiger partial charge in [0, 0.05) is 44.3 Å². The van der Waals surface area contributed by atoms with Gasteiger partial charge in [0.2, 0.25) is 0 Å². The van der Waals surface area contributed by atoms with Crippen LogP contribution in [-0.2, 0) is 19.9 Å². The lowest BCUT2D eigenvalue weighted by molar-refractivity contribution is 0.252. The van der Waals surface area contributed by atoms with Gasteiger partial charge >= 0.3 is 0 Å². The molecule has 1 unspecified atom stereocenters. The number of nitrogens with zero attached hydrogens (tertiary/aromatic N) is 4. The maximum Gasteiger partial charge on any atom is 0.0670 e. The molecule has 5 heteroatoms. The molecule has 0 radical (unpaired) electrons. The average Bonchev–Trinajstić information content (AvgIpc) is 2.88. The zero-order valence-corrected chi connectivity index (χ0v) is 13.2. The summed E-state index contributed by atoms with van der Waals surface area (Å²) in [6.45, 7) is 3.70. The number of pyridine rings is 1. The van der Waals surface area contributed by atoms with E-state index in [1.54, 1.807) is 0 Å². The van der Waals surface area contributed by atoms with Crippen LogP contribution in [0.15, 0.2) is 30.7 Å². The Bertz CT molecular complexity index is 549. The number of aryl methyl sites for hydroxylation is 2. The molecular formula is C16H25N5. The Kier molecular flexibility index (Phi) is 5.47. The number of nitrogens with two attached hydrogens (primary N) is 1. The van der Waals surface area contributed by atoms with Crippen molar-refractivity contribution in [1.82, 2.24) is 19.7 Å². The molecule has 0 bridgehead atoms. The second kappa shape index (κ2) is 7.33. The molecule has 0 fully saturated rings. The predicted molar refractivity (Wildman–Crippen MR) is 85.0 cm³/mol. The van der Waals surface area contributed by atoms with Crippen molar-refractivity contribution >= 4 is 0 Å². The minimum absolute atomic E-state index is 0.218. The van der Waals surface area contributed by atoms with Crippen LogP contribution in [0.1, 0.15) is 29.8 Å². The van der Waals surface area contributed by atoms with Crippen molar-refractivity contribution in [3.05, 3.63) is 47.5 Å². The molecule has 21 heavy (non-hydrogen) atoms. The van der Waals surface area contributed by atoms with Crippen LogP contribution in [-0.4, -0.2) is 39.8 Å². The van der Waals surface area contributed by atoms with Gasteiger partial charge in [0.05, 0.1) is 11.7 Å². The second-order valence-corrected chi connectivity index (χ2v) is 5.40. The molecule has 0 saturated carbocycles. The number of hydrogen-bond donors (Lipinski definition) is 1. The van der Waals surface area contributed by atoms with Gasteiger partial charge in [-0.3, -0.25) is 14.6 Å². The highest BCUT2D eigenvalue weighted by Crippen LogP contribution is 2.22. The van der Waals surface area contributed by atoms with E-state index in [1.807, 2.05) is 24.1 Å². The summed E-state index contributed by atoms with van der Waals surface area (Å²) in [6, 6.07) is 4.34. The highest BCUT2D eigenvalue weighted by Gasteiger charge is 2.20. The van der Waals surface area contributed by atoms with Gasteiger partial charge in [-0.2, -0.15) is 5.10 Å². The van der Waals surface area contributed by atoms with Gasteiger partial charge in [-0.25, -0.2) is 0 Å². The molecule has 2 aromatic heterocycles. The summed E-state index contributed by atoms with van der Waals surface area (Å²) in [7, 11) is 4.10. The van der Waals surface area contributed by atoms with Gasteiger partial charge in [-0.15, -0.1) is 0 Å². The molecular weight excluding hydrogens is 262 g/mol. The predicted octanol–water partition coefficient (Wildman–Crippen LogP) is 1.55. The fraction of sp³-hybridized carbons (Fsp3) is 0.500. The van der Waals surface area contributed by atoms with Gasteiger partial charge in [0.25, 0.3) is 0 Å². The molecule has 5 nitrogen and oxygen atoms in total. The van der Waals surface area contributed by atoms with E-state index >= 15 is 0 Å². The third-order valence-electron chi connectivity index (χ3n) is 3.89. The van der Waals surface area contributed by atoms with Crippen LogP contribution in [0.25, 0.3) is 0 Å². The Hall–Kier alpha value is -1.72. The monoisotopic (exact) mass is 287 g/mol. The molecule has 0 aliphatic heterocycles. The first kappa shape index (κ1) is 15.7. The highest BCUT2D eigenvalue weighted by molar-refractivity contribution is 5.22. The Morgan fingerprint density at radius 1 is 1.33 bits per heavy atom. The Morgan fingerprint density at radius 3 is 2.67 bits per heavy atom. The summed E-state index contributed by atoms with van der Waals surface area (Å²) in [5.41, 5.74) is 9.71. The minimum atomic E-state index is 0.218. The van der Waals surface area contributed by atoms with E-state index in [0.717, 1.165) is 25.1 Å². The van der Waals surface area contributed by atoms with Gasteiger partial charge in [0.15, 0.2) is 0 Å². The third kappa shape index (κ3) is 3.89. The highest BCUT2D eigenvalue weighted by atomic mass is 15.3. The molecule has 0 saturated heterocycles. The van der Waals surface area contributed by atoms with Crippen molar-refractivity contribution < 1.29 is 0 Å². The van der Waals surface area contributed by atoms with E-state index < -0.39 is 0 Å². The largest absolute Gasteiger partial charge is 0.329 e. The number of aromatic nitrogens is 3. The van der Waals surface area contributed by atoms with Crippen LogP contribution in [0.2, 0.25) is 0 Å². The second-order valence-electron chi connectivity index (χ2n) is 5.40. The number of likely N-dealkylation sites (N-methyl/N-ethyl adjacent to an activating group) is 1. The average molecular weight is 287 g/mol. The molecule has 0 amide bonds. The molecule has 0 aromatic carbocycles. The Morgan fingerprint density at radius 2 is 2.05 bits per heavy atom. The third-order valence-corrected chi connectivity index (χ3v) is 3.89. The molecule has 0 aliphatic rings. The van der Waals surface area contributed by atoms with Crippen molar-refractivity contribution in [3.63, 3.8) is 0 Å². The summed E-state index contributed by atoms with van der Waals surface area (Å²) in [5.74, 6) is 0. The zero-order valence-electron chi connectivity index (χ0n) is 13.2. The Balaban J connectivity index is 2.06. The molecule has 2 rings (SSSR count). The van der Waals surface area contributed by atoms with E-state index in [4.69, 9.17) is 5.73 Å². The topological polar surface area (TPSA) is 60.0 Å². The van der Waals surface area contributed by atoms with E-state index in [9.17, 15) is 0 Å². The van der Waals surface area contributed by atoms with Crippen LogP contribution in [0.5, 0.6) is 0 Å². The fourth-order valence-electron chi connectivity index (χ4n) is 2.66. The van der Waals surface area contributed by atoms with Gasteiger partial charge in [-0.1, -0.05) is 6.92 Å². The fourth-order valence-corrected chi connectivity index (χ4v) is 2.66. The normalized spacial score (nSPS) is 12.8. The minimum Gasteiger partial charge on any atom is -0.329 e. The maximum atomic E-state index is 6.02. The molecule has 2 heterocycles. The maximum absolute atomic E-state index is 6.02. The zero-order chi connectivity index (χ0) is 15.2. The van der Waals surface area contributed by atoms with Crippen molar-refractivity contribution in [3.8, 4) is 0 Å². The van der Waals surface area contributed by atoms with Crippen LogP contribution in [0.3, 0.4) is 0 Å². The number of hydrogen-bond acceptors (Lipinski definition) is 4. The lowest BCUT2D eigenvalue weighted by Gasteiger charge is -2.27. The summed E-state index contributed by atoms with van der Waals surface area (Å²) < 4.78 is 1.88. The summed E-state index contributed by atoms with van der Waals surface area (Å²) in [4.78, 5) is 6.37. The summed E-state index contributed by atoms with van der Waals surface area (Å²) in [6.07, 6.45) is 7.71. The van der Waals surface area contributed by atoms with E-state index in [0.29, 0.717) is 6.54 Å².